The third-order valence-corrected chi connectivity index (χ3v) is 4.34. The Bertz CT molecular complexity index is 395. The SMILES string of the molecule is CCOc1ccccc1C1CS(=O)CCCN1. The normalized spacial score (nSPS) is 25.2. The largest absolute Gasteiger partial charge is 0.494 e. The third kappa shape index (κ3) is 3.30. The van der Waals surface area contributed by atoms with Crippen LogP contribution in [0, 0.1) is 0 Å². The second kappa shape index (κ2) is 6.17. The summed E-state index contributed by atoms with van der Waals surface area (Å²) in [5.74, 6) is 2.40. The Morgan fingerprint density at radius 3 is 3.12 bits per heavy atom. The van der Waals surface area contributed by atoms with E-state index in [1.165, 1.54) is 0 Å². The van der Waals surface area contributed by atoms with Gasteiger partial charge in [-0.05, 0) is 26.0 Å². The first kappa shape index (κ1) is 12.6. The molecule has 2 rings (SSSR count). The summed E-state index contributed by atoms with van der Waals surface area (Å²) in [5.41, 5.74) is 1.13. The number of hydrogen-bond donors (Lipinski definition) is 1. The molecule has 1 aromatic rings. The molecule has 0 spiro atoms. The van der Waals surface area contributed by atoms with Gasteiger partial charge in [0, 0.05) is 33.9 Å². The van der Waals surface area contributed by atoms with E-state index in [0.29, 0.717) is 12.4 Å². The summed E-state index contributed by atoms with van der Waals surface area (Å²) in [6.07, 6.45) is 0.986. The van der Waals surface area contributed by atoms with E-state index in [2.05, 4.69) is 11.4 Å². The van der Waals surface area contributed by atoms with Gasteiger partial charge in [-0.25, -0.2) is 0 Å². The molecule has 3 nitrogen and oxygen atoms in total. The Morgan fingerprint density at radius 2 is 2.29 bits per heavy atom. The summed E-state index contributed by atoms with van der Waals surface area (Å²) in [4.78, 5) is 0. The third-order valence-electron chi connectivity index (χ3n) is 2.89. The van der Waals surface area contributed by atoms with Crippen LogP contribution in [-0.4, -0.2) is 28.9 Å². The summed E-state index contributed by atoms with van der Waals surface area (Å²) in [6.45, 7) is 3.57. The first-order chi connectivity index (χ1) is 8.31. The van der Waals surface area contributed by atoms with Gasteiger partial charge in [0.25, 0.3) is 0 Å². The maximum absolute atomic E-state index is 11.8. The van der Waals surface area contributed by atoms with Crippen molar-refractivity contribution in [2.75, 3.05) is 24.7 Å². The highest BCUT2D eigenvalue weighted by molar-refractivity contribution is 7.85. The molecule has 1 heterocycles. The summed E-state index contributed by atoms with van der Waals surface area (Å²) in [5, 5.41) is 3.45. The minimum Gasteiger partial charge on any atom is -0.494 e. The molecule has 1 saturated heterocycles. The van der Waals surface area contributed by atoms with Crippen LogP contribution in [0.5, 0.6) is 5.75 Å². The summed E-state index contributed by atoms with van der Waals surface area (Å²) in [7, 11) is -0.718. The van der Waals surface area contributed by atoms with Gasteiger partial charge in [0.2, 0.25) is 0 Å². The Morgan fingerprint density at radius 1 is 1.47 bits per heavy atom. The van der Waals surface area contributed by atoms with Crippen LogP contribution < -0.4 is 10.1 Å². The average molecular weight is 253 g/mol. The molecule has 4 heteroatoms. The molecule has 0 bridgehead atoms. The van der Waals surface area contributed by atoms with Gasteiger partial charge in [-0.1, -0.05) is 18.2 Å². The van der Waals surface area contributed by atoms with Gasteiger partial charge in [-0.3, -0.25) is 4.21 Å². The van der Waals surface area contributed by atoms with Crippen molar-refractivity contribution < 1.29 is 8.95 Å². The maximum atomic E-state index is 11.8. The monoisotopic (exact) mass is 253 g/mol. The predicted octanol–water partition coefficient (Wildman–Crippen LogP) is 1.87. The fourth-order valence-electron chi connectivity index (χ4n) is 2.09. The van der Waals surface area contributed by atoms with Gasteiger partial charge < -0.3 is 10.1 Å². The molecule has 0 aliphatic carbocycles. The predicted molar refractivity (Wildman–Crippen MR) is 70.8 cm³/mol. The zero-order chi connectivity index (χ0) is 12.1. The van der Waals surface area contributed by atoms with E-state index in [-0.39, 0.29) is 6.04 Å². The quantitative estimate of drug-likeness (QED) is 0.893. The minimum atomic E-state index is -0.718. The Labute approximate surface area is 105 Å². The Balaban J connectivity index is 2.22. The smallest absolute Gasteiger partial charge is 0.124 e. The zero-order valence-corrected chi connectivity index (χ0v) is 11.0. The minimum absolute atomic E-state index is 0.154. The molecule has 1 fully saturated rings. The first-order valence-electron chi connectivity index (χ1n) is 6.11. The first-order valence-corrected chi connectivity index (χ1v) is 7.60. The number of nitrogens with one attached hydrogen (secondary N) is 1. The van der Waals surface area contributed by atoms with Crippen LogP contribution in [0.1, 0.15) is 24.9 Å². The maximum Gasteiger partial charge on any atom is 0.124 e. The number of para-hydroxylation sites is 1. The van der Waals surface area contributed by atoms with Crippen molar-refractivity contribution >= 4 is 10.8 Å². The molecule has 2 unspecified atom stereocenters. The summed E-state index contributed by atoms with van der Waals surface area (Å²) in [6, 6.07) is 8.18. The molecular formula is C13H19NO2S. The van der Waals surface area contributed by atoms with Crippen LogP contribution in [-0.2, 0) is 10.8 Å². The van der Waals surface area contributed by atoms with E-state index in [9.17, 15) is 4.21 Å². The van der Waals surface area contributed by atoms with E-state index < -0.39 is 10.8 Å². The Kier molecular flexibility index (Phi) is 4.57. The topological polar surface area (TPSA) is 38.3 Å². The van der Waals surface area contributed by atoms with Crippen LogP contribution in [0.2, 0.25) is 0 Å². The van der Waals surface area contributed by atoms with Crippen LogP contribution in [0.15, 0.2) is 24.3 Å². The van der Waals surface area contributed by atoms with Crippen molar-refractivity contribution in [2.45, 2.75) is 19.4 Å². The van der Waals surface area contributed by atoms with Gasteiger partial charge >= 0.3 is 0 Å². The second-order valence-electron chi connectivity index (χ2n) is 4.14. The van der Waals surface area contributed by atoms with E-state index in [0.717, 1.165) is 30.0 Å². The molecule has 17 heavy (non-hydrogen) atoms. The molecule has 1 aliphatic heterocycles. The fraction of sp³-hybridized carbons (Fsp3) is 0.538. The van der Waals surface area contributed by atoms with Gasteiger partial charge in [-0.15, -0.1) is 0 Å². The van der Waals surface area contributed by atoms with Gasteiger partial charge in [0.1, 0.15) is 5.75 Å². The average Bonchev–Trinajstić information content (AvgIpc) is 2.55. The molecule has 0 amide bonds. The fourth-order valence-corrected chi connectivity index (χ4v) is 3.39. The molecule has 1 N–H and O–H groups in total. The molecule has 2 atom stereocenters. The summed E-state index contributed by atoms with van der Waals surface area (Å²) >= 11 is 0. The van der Waals surface area contributed by atoms with Crippen molar-refractivity contribution in [3.63, 3.8) is 0 Å². The molecule has 1 aliphatic rings. The van der Waals surface area contributed by atoms with Crippen molar-refractivity contribution in [3.05, 3.63) is 29.8 Å². The number of hydrogen-bond acceptors (Lipinski definition) is 3. The van der Waals surface area contributed by atoms with Crippen LogP contribution in [0.3, 0.4) is 0 Å². The molecule has 94 valence electrons. The molecule has 0 saturated carbocycles. The van der Waals surface area contributed by atoms with Crippen LogP contribution in [0.4, 0.5) is 0 Å². The van der Waals surface area contributed by atoms with Crippen molar-refractivity contribution in [1.29, 1.82) is 0 Å². The lowest BCUT2D eigenvalue weighted by Gasteiger charge is -2.19. The highest BCUT2D eigenvalue weighted by atomic mass is 32.2. The number of rotatable bonds is 3. The number of ether oxygens (including phenoxy) is 1. The lowest BCUT2D eigenvalue weighted by molar-refractivity contribution is 0.333. The van der Waals surface area contributed by atoms with E-state index >= 15 is 0 Å². The van der Waals surface area contributed by atoms with Gasteiger partial charge in [0.15, 0.2) is 0 Å². The lowest BCUT2D eigenvalue weighted by Crippen LogP contribution is -2.24. The van der Waals surface area contributed by atoms with Gasteiger partial charge in [-0.2, -0.15) is 0 Å². The Hall–Kier alpha value is -0.870. The second-order valence-corrected chi connectivity index (χ2v) is 5.76. The van der Waals surface area contributed by atoms with Crippen molar-refractivity contribution in [1.82, 2.24) is 5.32 Å². The van der Waals surface area contributed by atoms with E-state index in [1.807, 2.05) is 25.1 Å². The van der Waals surface area contributed by atoms with Crippen molar-refractivity contribution in [2.24, 2.45) is 0 Å². The highest BCUT2D eigenvalue weighted by Gasteiger charge is 2.20. The van der Waals surface area contributed by atoms with Crippen LogP contribution in [0.25, 0.3) is 0 Å². The lowest BCUT2D eigenvalue weighted by atomic mass is 10.1. The highest BCUT2D eigenvalue weighted by Crippen LogP contribution is 2.26. The zero-order valence-electron chi connectivity index (χ0n) is 10.1. The summed E-state index contributed by atoms with van der Waals surface area (Å²) < 4.78 is 17.4. The van der Waals surface area contributed by atoms with E-state index in [4.69, 9.17) is 4.74 Å². The number of benzene rings is 1. The van der Waals surface area contributed by atoms with Crippen molar-refractivity contribution in [3.8, 4) is 5.75 Å². The molecule has 0 aromatic heterocycles. The van der Waals surface area contributed by atoms with E-state index in [1.54, 1.807) is 0 Å². The molecule has 1 aromatic carbocycles. The molecular weight excluding hydrogens is 234 g/mol. The standard InChI is InChI=1S/C13H19NO2S/c1-2-16-13-7-4-3-6-11(13)12-10-17(15)9-5-8-14-12/h3-4,6-7,12,14H,2,5,8-10H2,1H3. The van der Waals surface area contributed by atoms with Gasteiger partial charge in [0.05, 0.1) is 6.61 Å². The van der Waals surface area contributed by atoms with Crippen LogP contribution >= 0.6 is 0 Å². The molecule has 0 radical (unpaired) electrons.